The summed E-state index contributed by atoms with van der Waals surface area (Å²) >= 11 is 1.39. The van der Waals surface area contributed by atoms with Crippen LogP contribution >= 0.6 is 11.3 Å². The third kappa shape index (κ3) is 12.5. The number of aliphatic hydroxyl groups is 2. The molecule has 1 saturated carbocycles. The molecule has 252 valence electrons. The van der Waals surface area contributed by atoms with Gasteiger partial charge in [-0.3, -0.25) is 14.4 Å². The van der Waals surface area contributed by atoms with E-state index >= 15 is 0 Å². The summed E-state index contributed by atoms with van der Waals surface area (Å²) in [4.78, 5) is 47.0. The van der Waals surface area contributed by atoms with Gasteiger partial charge in [0.1, 0.15) is 12.1 Å². The van der Waals surface area contributed by atoms with Crippen LogP contribution in [-0.4, -0.2) is 89.3 Å². The normalized spacial score (nSPS) is 16.8. The first-order chi connectivity index (χ1) is 22.2. The first-order valence-electron chi connectivity index (χ1n) is 16.4. The van der Waals surface area contributed by atoms with Gasteiger partial charge in [-0.05, 0) is 37.8 Å². The molecular formula is C35H51N5O5S. The second-order valence-electron chi connectivity index (χ2n) is 12.4. The van der Waals surface area contributed by atoms with Crippen molar-refractivity contribution in [3.63, 3.8) is 0 Å². The number of terminal acetylenes is 1. The molecule has 0 bridgehead atoms. The van der Waals surface area contributed by atoms with Crippen molar-refractivity contribution in [3.05, 3.63) is 52.5 Å². The quantitative estimate of drug-likeness (QED) is 0.147. The summed E-state index contributed by atoms with van der Waals surface area (Å²) in [5.41, 5.74) is 3.22. The maximum Gasteiger partial charge on any atom is 0.243 e. The second kappa shape index (κ2) is 20.0. The maximum absolute atomic E-state index is 14.0. The van der Waals surface area contributed by atoms with Crippen LogP contribution < -0.4 is 16.0 Å². The molecule has 1 fully saturated rings. The molecule has 1 aromatic heterocycles. The Kier molecular flexibility index (Phi) is 16.2. The molecule has 46 heavy (non-hydrogen) atoms. The molecule has 0 saturated heterocycles. The monoisotopic (exact) mass is 653 g/mol. The standard InChI is InChI=1S/C35H51N5O5S/c1-4-5-16-31(41)33(43)29(20-26-14-10-7-11-15-26)38-35(45)30(22-28-23-46-24-37-28)39-34(44)27(19-25-12-8-6-9-13-25)21-32(42)40(3)18-17-36-2/h1,6,8-9,12-13,23-24,26-27,29-31,33,36,41,43H,5,7,10-11,14-22H2,2-3H3,(H,38,45)(H,39,44)/t27-,29+,30+,31+,33-/m1/s1. The topological polar surface area (TPSA) is 144 Å². The Morgan fingerprint density at radius 1 is 1.09 bits per heavy atom. The van der Waals surface area contributed by atoms with Gasteiger partial charge in [-0.2, -0.15) is 0 Å². The highest BCUT2D eigenvalue weighted by Crippen LogP contribution is 2.29. The predicted molar refractivity (Wildman–Crippen MR) is 181 cm³/mol. The van der Waals surface area contributed by atoms with Crippen LogP contribution in [0.25, 0.3) is 0 Å². The zero-order valence-electron chi connectivity index (χ0n) is 27.2. The predicted octanol–water partition coefficient (Wildman–Crippen LogP) is 2.69. The molecule has 0 unspecified atom stereocenters. The number of aliphatic hydroxyl groups excluding tert-OH is 2. The van der Waals surface area contributed by atoms with Crippen molar-refractivity contribution in [3.8, 4) is 12.3 Å². The molecule has 1 aliphatic carbocycles. The van der Waals surface area contributed by atoms with Gasteiger partial charge in [0.25, 0.3) is 0 Å². The molecule has 5 atom stereocenters. The first-order valence-corrected chi connectivity index (χ1v) is 17.4. The lowest BCUT2D eigenvalue weighted by Gasteiger charge is -2.33. The molecule has 0 spiro atoms. The fraction of sp³-hybridized carbons (Fsp3) is 0.600. The highest BCUT2D eigenvalue weighted by molar-refractivity contribution is 7.07. The lowest BCUT2D eigenvalue weighted by Crippen LogP contribution is -2.56. The van der Waals surface area contributed by atoms with E-state index in [0.29, 0.717) is 44.0 Å². The number of likely N-dealkylation sites (N-methyl/N-ethyl adjacent to an activating group) is 2. The van der Waals surface area contributed by atoms with E-state index in [1.54, 1.807) is 17.5 Å². The van der Waals surface area contributed by atoms with E-state index < -0.39 is 42.0 Å². The maximum atomic E-state index is 14.0. The number of rotatable bonds is 19. The summed E-state index contributed by atoms with van der Waals surface area (Å²) in [7, 11) is 3.53. The van der Waals surface area contributed by atoms with Crippen molar-refractivity contribution in [2.45, 2.75) is 94.9 Å². The zero-order chi connectivity index (χ0) is 33.3. The van der Waals surface area contributed by atoms with Crippen LogP contribution in [0, 0.1) is 24.2 Å². The number of hydrogen-bond donors (Lipinski definition) is 5. The van der Waals surface area contributed by atoms with E-state index in [1.807, 2.05) is 42.8 Å². The molecule has 1 aliphatic rings. The zero-order valence-corrected chi connectivity index (χ0v) is 28.0. The largest absolute Gasteiger partial charge is 0.390 e. The SMILES string of the molecule is C#CCC[C@H](O)[C@H](O)[C@H](CC1CCCCC1)NC(=O)[C@H](Cc1cscn1)NC(=O)[C@@H](CC(=O)N(C)CCNC)Cc1ccccc1. The average Bonchev–Trinajstić information content (AvgIpc) is 3.58. The van der Waals surface area contributed by atoms with Crippen molar-refractivity contribution < 1.29 is 24.6 Å². The Morgan fingerprint density at radius 2 is 1.83 bits per heavy atom. The van der Waals surface area contributed by atoms with Crippen LogP contribution in [0.3, 0.4) is 0 Å². The average molecular weight is 654 g/mol. The minimum absolute atomic E-state index is 0.0175. The number of nitrogens with zero attached hydrogens (tertiary/aromatic N) is 2. The van der Waals surface area contributed by atoms with Crippen LogP contribution in [-0.2, 0) is 27.2 Å². The number of aromatic nitrogens is 1. The molecule has 11 heteroatoms. The van der Waals surface area contributed by atoms with Crippen molar-refractivity contribution in [1.29, 1.82) is 0 Å². The molecular weight excluding hydrogens is 602 g/mol. The van der Waals surface area contributed by atoms with Crippen molar-refractivity contribution >= 4 is 29.1 Å². The molecule has 1 aromatic carbocycles. The van der Waals surface area contributed by atoms with Gasteiger partial charge in [-0.25, -0.2) is 4.98 Å². The van der Waals surface area contributed by atoms with Crippen LogP contribution in [0.5, 0.6) is 0 Å². The van der Waals surface area contributed by atoms with Gasteiger partial charge in [-0.1, -0.05) is 62.4 Å². The molecule has 1 heterocycles. The Bertz CT molecular complexity index is 1230. The molecule has 3 rings (SSSR count). The van der Waals surface area contributed by atoms with Gasteiger partial charge < -0.3 is 31.1 Å². The van der Waals surface area contributed by atoms with Gasteiger partial charge in [-0.15, -0.1) is 23.7 Å². The summed E-state index contributed by atoms with van der Waals surface area (Å²) in [6.07, 6.45) is 9.90. The van der Waals surface area contributed by atoms with Crippen LogP contribution in [0.15, 0.2) is 41.2 Å². The minimum atomic E-state index is -1.22. The second-order valence-corrected chi connectivity index (χ2v) is 13.1. The molecule has 5 N–H and O–H groups in total. The molecule has 0 radical (unpaired) electrons. The van der Waals surface area contributed by atoms with Gasteiger partial charge in [0.15, 0.2) is 0 Å². The van der Waals surface area contributed by atoms with Crippen molar-refractivity contribution in [2.75, 3.05) is 27.2 Å². The summed E-state index contributed by atoms with van der Waals surface area (Å²) in [6.45, 7) is 1.13. The van der Waals surface area contributed by atoms with Gasteiger partial charge in [0.05, 0.1) is 29.3 Å². The van der Waals surface area contributed by atoms with Crippen LogP contribution in [0.2, 0.25) is 0 Å². The van der Waals surface area contributed by atoms with E-state index in [4.69, 9.17) is 6.42 Å². The van der Waals surface area contributed by atoms with Gasteiger partial charge >= 0.3 is 0 Å². The Hall–Kier alpha value is -3.30. The fourth-order valence-corrected chi connectivity index (χ4v) is 6.56. The number of carbonyl (C=O) groups excluding carboxylic acids is 3. The number of nitrogens with one attached hydrogen (secondary N) is 3. The molecule has 0 aliphatic heterocycles. The first kappa shape index (κ1) is 37.2. The summed E-state index contributed by atoms with van der Waals surface area (Å²) in [5, 5.41) is 32.7. The Labute approximate surface area is 277 Å². The lowest BCUT2D eigenvalue weighted by molar-refractivity contribution is -0.136. The number of thiazole rings is 1. The summed E-state index contributed by atoms with van der Waals surface area (Å²) in [5.74, 6) is 1.04. The smallest absolute Gasteiger partial charge is 0.243 e. The number of amides is 3. The molecule has 10 nitrogen and oxygen atoms in total. The Morgan fingerprint density at radius 3 is 2.48 bits per heavy atom. The van der Waals surface area contributed by atoms with E-state index in [1.165, 1.54) is 17.8 Å². The van der Waals surface area contributed by atoms with Crippen LogP contribution in [0.1, 0.15) is 69.0 Å². The third-order valence-corrected chi connectivity index (χ3v) is 9.44. The van der Waals surface area contributed by atoms with Gasteiger partial charge in [0.2, 0.25) is 17.7 Å². The number of benzene rings is 1. The fourth-order valence-electron chi connectivity index (χ4n) is 5.99. The van der Waals surface area contributed by atoms with Crippen molar-refractivity contribution in [2.24, 2.45) is 11.8 Å². The summed E-state index contributed by atoms with van der Waals surface area (Å²) < 4.78 is 0. The highest BCUT2D eigenvalue weighted by Gasteiger charge is 2.34. The third-order valence-electron chi connectivity index (χ3n) is 8.80. The van der Waals surface area contributed by atoms with E-state index in [0.717, 1.165) is 31.2 Å². The highest BCUT2D eigenvalue weighted by atomic mass is 32.1. The van der Waals surface area contributed by atoms with Crippen LogP contribution in [0.4, 0.5) is 0 Å². The van der Waals surface area contributed by atoms with Crippen molar-refractivity contribution in [1.82, 2.24) is 25.8 Å². The van der Waals surface area contributed by atoms with E-state index in [2.05, 4.69) is 26.9 Å². The lowest BCUT2D eigenvalue weighted by atomic mass is 9.82. The number of carbonyl (C=O) groups is 3. The summed E-state index contributed by atoms with van der Waals surface area (Å²) in [6, 6.07) is 7.77. The number of hydrogen-bond acceptors (Lipinski definition) is 8. The van der Waals surface area contributed by atoms with E-state index in [9.17, 15) is 24.6 Å². The molecule has 2 aromatic rings. The molecule has 3 amide bonds. The minimum Gasteiger partial charge on any atom is -0.390 e. The van der Waals surface area contributed by atoms with Gasteiger partial charge in [0, 0.05) is 44.8 Å². The Balaban J connectivity index is 1.82. The van der Waals surface area contributed by atoms with E-state index in [-0.39, 0.29) is 25.2 Å².